The number of ketones is 1. The van der Waals surface area contributed by atoms with Crippen LogP contribution in [-0.4, -0.2) is 23.8 Å². The minimum atomic E-state index is -0.891. The van der Waals surface area contributed by atoms with Crippen LogP contribution >= 0.6 is 0 Å². The number of nitro benzene ring substituents is 1. The van der Waals surface area contributed by atoms with E-state index in [4.69, 9.17) is 0 Å². The van der Waals surface area contributed by atoms with E-state index >= 15 is 0 Å². The van der Waals surface area contributed by atoms with Gasteiger partial charge < -0.3 is 4.74 Å². The topological polar surface area (TPSA) is 86.5 Å². The Bertz CT molecular complexity index is 434. The smallest absolute Gasteiger partial charge is 0.345 e. The molecule has 0 aliphatic heterocycles. The zero-order valence-electron chi connectivity index (χ0n) is 8.72. The normalized spacial score (nSPS) is 9.62. The van der Waals surface area contributed by atoms with Gasteiger partial charge in [-0.15, -0.1) is 0 Å². The maximum atomic E-state index is 11.4. The third-order valence-corrected chi connectivity index (χ3v) is 2.01. The molecule has 1 aromatic carbocycles. The minimum absolute atomic E-state index is 0.0129. The highest BCUT2D eigenvalue weighted by Gasteiger charge is 2.26. The van der Waals surface area contributed by atoms with Gasteiger partial charge in [0.15, 0.2) is 5.78 Å². The molecule has 0 aliphatic carbocycles. The van der Waals surface area contributed by atoms with Crippen LogP contribution in [0.3, 0.4) is 0 Å². The predicted octanol–water partition coefficient (Wildman–Crippen LogP) is 1.58. The number of benzene rings is 1. The Labute approximate surface area is 91.0 Å². The van der Waals surface area contributed by atoms with Crippen LogP contribution in [0, 0.1) is 10.1 Å². The molecule has 0 spiro atoms. The van der Waals surface area contributed by atoms with Crippen molar-refractivity contribution in [3.8, 4) is 0 Å². The molecule has 0 saturated heterocycles. The quantitative estimate of drug-likeness (QED) is 0.336. The summed E-state index contributed by atoms with van der Waals surface area (Å²) in [7, 11) is 1.10. The lowest BCUT2D eigenvalue weighted by Crippen LogP contribution is -2.11. The number of hydrogen-bond acceptors (Lipinski definition) is 5. The number of nitrogens with zero attached hydrogens (tertiary/aromatic N) is 1. The third kappa shape index (κ3) is 2.05. The highest BCUT2D eigenvalue weighted by molar-refractivity contribution is 6.07. The molecule has 0 atom stereocenters. The molecule has 0 aromatic heterocycles. The van der Waals surface area contributed by atoms with Gasteiger partial charge in [0, 0.05) is 11.6 Å². The fraction of sp³-hybridized carbons (Fsp3) is 0.200. The molecule has 1 rings (SSSR count). The van der Waals surface area contributed by atoms with Crippen LogP contribution in [0.4, 0.5) is 5.69 Å². The van der Waals surface area contributed by atoms with Gasteiger partial charge in [-0.25, -0.2) is 4.79 Å². The first kappa shape index (κ1) is 11.8. The van der Waals surface area contributed by atoms with E-state index in [-0.39, 0.29) is 11.1 Å². The Morgan fingerprint density at radius 1 is 1.38 bits per heavy atom. The van der Waals surface area contributed by atoms with Gasteiger partial charge in [-0.1, -0.05) is 12.1 Å². The number of hydrogen-bond donors (Lipinski definition) is 0. The van der Waals surface area contributed by atoms with Gasteiger partial charge in [0.05, 0.1) is 12.0 Å². The first-order valence-electron chi connectivity index (χ1n) is 4.35. The van der Waals surface area contributed by atoms with Gasteiger partial charge in [-0.05, 0) is 6.92 Å². The molecular formula is C10H9NO5. The van der Waals surface area contributed by atoms with E-state index in [2.05, 4.69) is 4.74 Å². The number of methoxy groups -OCH3 is 1. The van der Waals surface area contributed by atoms with Crippen molar-refractivity contribution in [2.45, 2.75) is 6.92 Å². The number of carbonyl (C=O) groups is 2. The molecule has 0 heterocycles. The molecule has 16 heavy (non-hydrogen) atoms. The van der Waals surface area contributed by atoms with Crippen molar-refractivity contribution >= 4 is 17.4 Å². The van der Waals surface area contributed by atoms with Gasteiger partial charge in [0.25, 0.3) is 5.69 Å². The maximum absolute atomic E-state index is 11.4. The van der Waals surface area contributed by atoms with Crippen LogP contribution < -0.4 is 0 Å². The maximum Gasteiger partial charge on any atom is 0.345 e. The molecule has 1 aromatic rings. The lowest BCUT2D eigenvalue weighted by Gasteiger charge is -2.05. The van der Waals surface area contributed by atoms with Crippen LogP contribution in [0.15, 0.2) is 18.2 Å². The SMILES string of the molecule is COC(=O)c1c(C(C)=O)cccc1[N+](=O)[O-]. The number of nitro groups is 1. The van der Waals surface area contributed by atoms with Crippen LogP contribution in [0.1, 0.15) is 27.6 Å². The fourth-order valence-electron chi connectivity index (χ4n) is 1.30. The van der Waals surface area contributed by atoms with E-state index in [1.54, 1.807) is 0 Å². The number of Topliss-reactive ketones (excluding diaryl/α,β-unsaturated/α-hetero) is 1. The van der Waals surface area contributed by atoms with E-state index in [0.29, 0.717) is 0 Å². The number of carbonyl (C=O) groups excluding carboxylic acids is 2. The lowest BCUT2D eigenvalue weighted by molar-refractivity contribution is -0.385. The molecule has 0 bridgehead atoms. The predicted molar refractivity (Wildman–Crippen MR) is 54.4 cm³/mol. The summed E-state index contributed by atoms with van der Waals surface area (Å²) >= 11 is 0. The zero-order valence-corrected chi connectivity index (χ0v) is 8.72. The molecule has 6 heteroatoms. The van der Waals surface area contributed by atoms with Gasteiger partial charge in [-0.3, -0.25) is 14.9 Å². The Kier molecular flexibility index (Phi) is 3.34. The van der Waals surface area contributed by atoms with Gasteiger partial charge in [0.2, 0.25) is 0 Å². The second kappa shape index (κ2) is 4.52. The summed E-state index contributed by atoms with van der Waals surface area (Å²) in [6, 6.07) is 3.85. The average Bonchev–Trinajstić information content (AvgIpc) is 2.26. The Balaban J connectivity index is 3.53. The van der Waals surface area contributed by atoms with E-state index in [0.717, 1.165) is 13.2 Å². The fourth-order valence-corrected chi connectivity index (χ4v) is 1.30. The molecule has 0 N–H and O–H groups in total. The van der Waals surface area contributed by atoms with Crippen molar-refractivity contribution in [3.63, 3.8) is 0 Å². The van der Waals surface area contributed by atoms with Crippen molar-refractivity contribution in [2.75, 3.05) is 7.11 Å². The molecule has 84 valence electrons. The van der Waals surface area contributed by atoms with Crippen LogP contribution in [-0.2, 0) is 4.74 Å². The van der Waals surface area contributed by atoms with E-state index in [9.17, 15) is 19.7 Å². The van der Waals surface area contributed by atoms with Crippen LogP contribution in [0.5, 0.6) is 0 Å². The minimum Gasteiger partial charge on any atom is -0.465 e. The second-order valence-corrected chi connectivity index (χ2v) is 3.00. The van der Waals surface area contributed by atoms with Crippen molar-refractivity contribution in [1.82, 2.24) is 0 Å². The second-order valence-electron chi connectivity index (χ2n) is 3.00. The number of rotatable bonds is 3. The van der Waals surface area contributed by atoms with Crippen LogP contribution in [0.25, 0.3) is 0 Å². The first-order valence-corrected chi connectivity index (χ1v) is 4.35. The molecular weight excluding hydrogens is 214 g/mol. The Hall–Kier alpha value is -2.24. The lowest BCUT2D eigenvalue weighted by atomic mass is 10.0. The third-order valence-electron chi connectivity index (χ3n) is 2.01. The van der Waals surface area contributed by atoms with Gasteiger partial charge in [-0.2, -0.15) is 0 Å². The summed E-state index contributed by atoms with van der Waals surface area (Å²) in [5.74, 6) is -1.32. The molecule has 0 aliphatic rings. The van der Waals surface area contributed by atoms with Crippen molar-refractivity contribution in [1.29, 1.82) is 0 Å². The highest BCUT2D eigenvalue weighted by atomic mass is 16.6. The standard InChI is InChI=1S/C10H9NO5/c1-6(12)7-4-3-5-8(11(14)15)9(7)10(13)16-2/h3-5H,1-2H3. The summed E-state index contributed by atoms with van der Waals surface area (Å²) in [6.45, 7) is 1.23. The van der Waals surface area contributed by atoms with Gasteiger partial charge >= 0.3 is 5.97 Å². The Morgan fingerprint density at radius 2 is 2.00 bits per heavy atom. The van der Waals surface area contributed by atoms with Crippen molar-refractivity contribution in [2.24, 2.45) is 0 Å². The average molecular weight is 223 g/mol. The highest BCUT2D eigenvalue weighted by Crippen LogP contribution is 2.23. The van der Waals surface area contributed by atoms with E-state index < -0.39 is 22.4 Å². The first-order chi connectivity index (χ1) is 7.49. The molecule has 0 fully saturated rings. The van der Waals surface area contributed by atoms with Crippen molar-refractivity contribution < 1.29 is 19.2 Å². The summed E-state index contributed by atoms with van der Waals surface area (Å²) in [5, 5.41) is 10.7. The largest absolute Gasteiger partial charge is 0.465 e. The summed E-state index contributed by atoms with van der Waals surface area (Å²) in [4.78, 5) is 32.6. The Morgan fingerprint density at radius 3 is 2.44 bits per heavy atom. The zero-order chi connectivity index (χ0) is 12.3. The molecule has 0 unspecified atom stereocenters. The monoisotopic (exact) mass is 223 g/mol. The number of esters is 1. The molecule has 6 nitrogen and oxygen atoms in total. The molecule has 0 saturated carbocycles. The summed E-state index contributed by atoms with van der Waals surface area (Å²) in [6.07, 6.45) is 0. The van der Waals surface area contributed by atoms with Crippen LogP contribution in [0.2, 0.25) is 0 Å². The molecule has 0 radical (unpaired) electrons. The van der Waals surface area contributed by atoms with Gasteiger partial charge in [0.1, 0.15) is 5.56 Å². The van der Waals surface area contributed by atoms with E-state index in [1.807, 2.05) is 0 Å². The summed E-state index contributed by atoms with van der Waals surface area (Å²) in [5.41, 5.74) is -0.747. The van der Waals surface area contributed by atoms with E-state index in [1.165, 1.54) is 19.1 Å². The summed E-state index contributed by atoms with van der Waals surface area (Å²) < 4.78 is 4.42. The van der Waals surface area contributed by atoms with Crippen molar-refractivity contribution in [3.05, 3.63) is 39.4 Å². The molecule has 0 amide bonds. The number of ether oxygens (including phenoxy) is 1.